The van der Waals surface area contributed by atoms with E-state index in [-0.39, 0.29) is 0 Å². The largest absolute Gasteiger partial charge is 0.383 e. The van der Waals surface area contributed by atoms with Crippen molar-refractivity contribution >= 4 is 21.6 Å². The Bertz CT molecular complexity index is 428. The lowest BCUT2D eigenvalue weighted by molar-refractivity contribution is 0.203. The van der Waals surface area contributed by atoms with Crippen LogP contribution < -0.4 is 4.90 Å². The molecule has 0 heterocycles. The molecule has 0 bridgehead atoms. The summed E-state index contributed by atoms with van der Waals surface area (Å²) in [4.78, 5) is 2.30. The number of halogens is 1. The number of benzene rings is 1. The van der Waals surface area contributed by atoms with E-state index in [1.165, 1.54) is 0 Å². The normalized spacial score (nSPS) is 11.9. The van der Waals surface area contributed by atoms with Gasteiger partial charge in [0.2, 0.25) is 0 Å². The van der Waals surface area contributed by atoms with Gasteiger partial charge in [-0.2, -0.15) is 5.26 Å². The molecule has 3 nitrogen and oxygen atoms in total. The van der Waals surface area contributed by atoms with Gasteiger partial charge in [0.1, 0.15) is 0 Å². The van der Waals surface area contributed by atoms with Crippen LogP contribution in [0.3, 0.4) is 0 Å². The van der Waals surface area contributed by atoms with E-state index in [9.17, 15) is 0 Å². The molecule has 0 N–H and O–H groups in total. The first-order valence-electron chi connectivity index (χ1n) is 6.09. The summed E-state index contributed by atoms with van der Waals surface area (Å²) in [5, 5.41) is 8.88. The highest BCUT2D eigenvalue weighted by atomic mass is 79.9. The smallest absolute Gasteiger partial charge is 0.0992 e. The number of hydrogen-bond acceptors (Lipinski definition) is 3. The van der Waals surface area contributed by atoms with Gasteiger partial charge in [-0.1, -0.05) is 6.92 Å². The molecule has 4 heteroatoms. The highest BCUT2D eigenvalue weighted by Gasteiger charge is 2.15. The zero-order chi connectivity index (χ0) is 13.5. The van der Waals surface area contributed by atoms with Gasteiger partial charge in [0, 0.05) is 24.2 Å². The number of hydrogen-bond donors (Lipinski definition) is 0. The first kappa shape index (κ1) is 15.0. The summed E-state index contributed by atoms with van der Waals surface area (Å²) in [6, 6.07) is 8.28. The molecule has 1 unspecified atom stereocenters. The molecule has 1 aromatic carbocycles. The number of ether oxygens (including phenoxy) is 1. The zero-order valence-electron chi connectivity index (χ0n) is 11.1. The number of anilines is 1. The van der Waals surface area contributed by atoms with E-state index in [0.717, 1.165) is 23.1 Å². The van der Waals surface area contributed by atoms with Gasteiger partial charge in [-0.25, -0.2) is 0 Å². The third-order valence-corrected chi connectivity index (χ3v) is 3.68. The van der Waals surface area contributed by atoms with Crippen molar-refractivity contribution in [1.29, 1.82) is 5.26 Å². The first-order valence-corrected chi connectivity index (χ1v) is 6.88. The highest BCUT2D eigenvalue weighted by molar-refractivity contribution is 9.10. The summed E-state index contributed by atoms with van der Waals surface area (Å²) in [5.74, 6) is 0. The van der Waals surface area contributed by atoms with Crippen LogP contribution in [0.2, 0.25) is 0 Å². The highest BCUT2D eigenvalue weighted by Crippen LogP contribution is 2.29. The van der Waals surface area contributed by atoms with Gasteiger partial charge in [-0.15, -0.1) is 0 Å². The van der Waals surface area contributed by atoms with E-state index in [2.05, 4.69) is 40.7 Å². The molecular formula is C14H19BrN2O. The fourth-order valence-electron chi connectivity index (χ4n) is 1.80. The molecule has 1 atom stereocenters. The van der Waals surface area contributed by atoms with Crippen LogP contribution in [0.4, 0.5) is 5.69 Å². The first-order chi connectivity index (χ1) is 8.63. The van der Waals surface area contributed by atoms with Crippen LogP contribution in [0.1, 0.15) is 25.8 Å². The molecule has 0 aliphatic rings. The van der Waals surface area contributed by atoms with E-state index >= 15 is 0 Å². The third-order valence-electron chi connectivity index (χ3n) is 3.05. The molecule has 0 aliphatic heterocycles. The van der Waals surface area contributed by atoms with Crippen LogP contribution in [0.15, 0.2) is 22.7 Å². The Morgan fingerprint density at radius 2 is 2.22 bits per heavy atom. The number of methoxy groups -OCH3 is 1. The van der Waals surface area contributed by atoms with Gasteiger partial charge in [0.25, 0.3) is 0 Å². The molecule has 1 rings (SSSR count). The molecule has 0 aliphatic carbocycles. The quantitative estimate of drug-likeness (QED) is 0.806. The van der Waals surface area contributed by atoms with Gasteiger partial charge in [0.05, 0.1) is 23.9 Å². The molecule has 0 fully saturated rings. The Labute approximate surface area is 117 Å². The molecule has 0 spiro atoms. The second kappa shape index (κ2) is 7.40. The maximum absolute atomic E-state index is 8.88. The Balaban J connectivity index is 3.01. The predicted octanol–water partition coefficient (Wildman–Crippen LogP) is 3.57. The van der Waals surface area contributed by atoms with Crippen molar-refractivity contribution in [2.24, 2.45) is 0 Å². The van der Waals surface area contributed by atoms with Crippen molar-refractivity contribution in [2.45, 2.75) is 26.3 Å². The second-order valence-corrected chi connectivity index (χ2v) is 5.08. The Kier molecular flexibility index (Phi) is 6.17. The lowest BCUT2D eigenvalue weighted by Gasteiger charge is -2.31. The predicted molar refractivity (Wildman–Crippen MR) is 77.8 cm³/mol. The van der Waals surface area contributed by atoms with E-state index in [0.29, 0.717) is 18.2 Å². The Hall–Kier alpha value is -1.05. The molecule has 0 aromatic heterocycles. The summed E-state index contributed by atoms with van der Waals surface area (Å²) in [6.07, 6.45) is 1.07. The van der Waals surface area contributed by atoms with Gasteiger partial charge >= 0.3 is 0 Å². The van der Waals surface area contributed by atoms with Crippen molar-refractivity contribution in [3.63, 3.8) is 0 Å². The molecule has 1 aromatic rings. The topological polar surface area (TPSA) is 36.3 Å². The van der Waals surface area contributed by atoms with Crippen molar-refractivity contribution in [1.82, 2.24) is 0 Å². The SMILES string of the molecule is CCC(C)N(CCOC)c1ccc(C#N)cc1Br. The molecule has 98 valence electrons. The van der Waals surface area contributed by atoms with Crippen molar-refractivity contribution in [2.75, 3.05) is 25.2 Å². The van der Waals surface area contributed by atoms with Gasteiger partial charge in [0.15, 0.2) is 0 Å². The average Bonchev–Trinajstić information content (AvgIpc) is 2.39. The molecule has 0 saturated heterocycles. The Morgan fingerprint density at radius 3 is 2.72 bits per heavy atom. The van der Waals surface area contributed by atoms with Crippen molar-refractivity contribution in [3.8, 4) is 6.07 Å². The van der Waals surface area contributed by atoms with Crippen LogP contribution >= 0.6 is 15.9 Å². The lowest BCUT2D eigenvalue weighted by atomic mass is 10.1. The maximum Gasteiger partial charge on any atom is 0.0992 e. The van der Waals surface area contributed by atoms with E-state index in [1.54, 1.807) is 7.11 Å². The maximum atomic E-state index is 8.88. The number of nitrogens with zero attached hydrogens (tertiary/aromatic N) is 2. The van der Waals surface area contributed by atoms with E-state index in [1.807, 2.05) is 18.2 Å². The third kappa shape index (κ3) is 3.72. The van der Waals surface area contributed by atoms with Gasteiger partial charge in [-0.05, 0) is 47.5 Å². The fraction of sp³-hybridized carbons (Fsp3) is 0.500. The van der Waals surface area contributed by atoms with E-state index in [4.69, 9.17) is 10.00 Å². The lowest BCUT2D eigenvalue weighted by Crippen LogP contribution is -2.35. The van der Waals surface area contributed by atoms with Crippen molar-refractivity contribution in [3.05, 3.63) is 28.2 Å². The van der Waals surface area contributed by atoms with Crippen LogP contribution in [0, 0.1) is 11.3 Å². The van der Waals surface area contributed by atoms with Crippen LogP contribution in [0.5, 0.6) is 0 Å². The molecular weight excluding hydrogens is 292 g/mol. The summed E-state index contributed by atoms with van der Waals surface area (Å²) in [7, 11) is 1.71. The average molecular weight is 311 g/mol. The van der Waals surface area contributed by atoms with Gasteiger partial charge < -0.3 is 9.64 Å². The standard InChI is InChI=1S/C14H19BrN2O/c1-4-11(2)17(7-8-18-3)14-6-5-12(10-16)9-13(14)15/h5-6,9,11H,4,7-8H2,1-3H3. The van der Waals surface area contributed by atoms with Crippen LogP contribution in [0.25, 0.3) is 0 Å². The number of rotatable bonds is 6. The summed E-state index contributed by atoms with van der Waals surface area (Å²) in [5.41, 5.74) is 1.78. The number of nitriles is 1. The molecule has 18 heavy (non-hydrogen) atoms. The van der Waals surface area contributed by atoms with Crippen LogP contribution in [-0.2, 0) is 4.74 Å². The van der Waals surface area contributed by atoms with E-state index < -0.39 is 0 Å². The molecule has 0 saturated carbocycles. The summed E-state index contributed by atoms with van der Waals surface area (Å²) >= 11 is 3.54. The molecule has 0 amide bonds. The fourth-order valence-corrected chi connectivity index (χ4v) is 2.40. The summed E-state index contributed by atoms with van der Waals surface area (Å²) < 4.78 is 6.12. The minimum Gasteiger partial charge on any atom is -0.383 e. The second-order valence-electron chi connectivity index (χ2n) is 4.22. The zero-order valence-corrected chi connectivity index (χ0v) is 12.7. The minimum absolute atomic E-state index is 0.435. The van der Waals surface area contributed by atoms with Crippen molar-refractivity contribution < 1.29 is 4.74 Å². The Morgan fingerprint density at radius 1 is 1.50 bits per heavy atom. The van der Waals surface area contributed by atoms with Crippen LogP contribution in [-0.4, -0.2) is 26.3 Å². The minimum atomic E-state index is 0.435. The summed E-state index contributed by atoms with van der Waals surface area (Å²) in [6.45, 7) is 5.90. The van der Waals surface area contributed by atoms with Gasteiger partial charge in [-0.3, -0.25) is 0 Å². The molecule has 0 radical (unpaired) electrons. The monoisotopic (exact) mass is 310 g/mol.